The van der Waals surface area contributed by atoms with Gasteiger partial charge in [0.1, 0.15) is 0 Å². The first-order chi connectivity index (χ1) is 5.22. The van der Waals surface area contributed by atoms with Crippen LogP contribution in [0.25, 0.3) is 0 Å². The second-order valence-corrected chi connectivity index (χ2v) is 3.80. The minimum Gasteiger partial charge on any atom is -0.383 e. The van der Waals surface area contributed by atoms with Gasteiger partial charge in [-0.15, -0.1) is 0 Å². The lowest BCUT2D eigenvalue weighted by atomic mass is 9.81. The van der Waals surface area contributed by atoms with E-state index in [1.165, 1.54) is 12.8 Å². The van der Waals surface area contributed by atoms with Crippen molar-refractivity contribution in [3.63, 3.8) is 0 Å². The normalized spacial score (nSPS) is 33.0. The van der Waals surface area contributed by atoms with Gasteiger partial charge in [0.15, 0.2) is 0 Å². The quantitative estimate of drug-likeness (QED) is 0.666. The first-order valence-corrected chi connectivity index (χ1v) is 4.47. The Morgan fingerprint density at radius 3 is 2.64 bits per heavy atom. The lowest BCUT2D eigenvalue weighted by Gasteiger charge is -2.35. The van der Waals surface area contributed by atoms with Crippen LogP contribution in [0, 0.1) is 5.92 Å². The van der Waals surface area contributed by atoms with Gasteiger partial charge in [0.25, 0.3) is 0 Å². The van der Waals surface area contributed by atoms with Crippen molar-refractivity contribution >= 4 is 0 Å². The third-order valence-corrected chi connectivity index (χ3v) is 2.31. The molecule has 0 aromatic heterocycles. The van der Waals surface area contributed by atoms with E-state index >= 15 is 0 Å². The van der Waals surface area contributed by atoms with Crippen molar-refractivity contribution < 1.29 is 4.74 Å². The Morgan fingerprint density at radius 1 is 1.55 bits per heavy atom. The van der Waals surface area contributed by atoms with Gasteiger partial charge in [0, 0.05) is 19.2 Å². The van der Waals surface area contributed by atoms with Crippen molar-refractivity contribution in [2.45, 2.75) is 38.8 Å². The average molecular weight is 157 g/mol. The molecule has 0 radical (unpaired) electrons. The zero-order chi connectivity index (χ0) is 8.27. The molecule has 1 aliphatic carbocycles. The fourth-order valence-electron chi connectivity index (χ4n) is 1.74. The molecule has 1 N–H and O–H groups in total. The third kappa shape index (κ3) is 2.80. The Labute approximate surface area is 69.3 Å². The molecule has 0 saturated heterocycles. The first-order valence-electron chi connectivity index (χ1n) is 4.47. The third-order valence-electron chi connectivity index (χ3n) is 2.31. The van der Waals surface area contributed by atoms with Crippen molar-refractivity contribution in [3.05, 3.63) is 0 Å². The Bertz CT molecular complexity index is 107. The Morgan fingerprint density at radius 2 is 2.18 bits per heavy atom. The van der Waals surface area contributed by atoms with Crippen LogP contribution < -0.4 is 5.32 Å². The zero-order valence-corrected chi connectivity index (χ0v) is 7.76. The maximum Gasteiger partial charge on any atom is 0.0613 e. The van der Waals surface area contributed by atoms with Crippen molar-refractivity contribution in [1.82, 2.24) is 5.32 Å². The van der Waals surface area contributed by atoms with Gasteiger partial charge in [-0.25, -0.2) is 0 Å². The molecule has 11 heavy (non-hydrogen) atoms. The summed E-state index contributed by atoms with van der Waals surface area (Å²) >= 11 is 0. The first kappa shape index (κ1) is 9.01. The van der Waals surface area contributed by atoms with Crippen molar-refractivity contribution in [2.75, 3.05) is 13.7 Å². The van der Waals surface area contributed by atoms with Crippen LogP contribution in [0.1, 0.15) is 26.7 Å². The number of nitrogens with one attached hydrogen (secondary N) is 1. The van der Waals surface area contributed by atoms with Gasteiger partial charge in [-0.05, 0) is 25.7 Å². The molecule has 0 spiro atoms. The lowest BCUT2D eigenvalue weighted by Crippen LogP contribution is -2.46. The second kappa shape index (κ2) is 4.07. The molecule has 1 aliphatic rings. The molecule has 66 valence electrons. The summed E-state index contributed by atoms with van der Waals surface area (Å²) in [6.07, 6.45) is 2.68. The molecule has 2 heteroatoms. The van der Waals surface area contributed by atoms with Gasteiger partial charge in [-0.2, -0.15) is 0 Å². The number of rotatable bonds is 4. The number of hydrogen-bond acceptors (Lipinski definition) is 2. The monoisotopic (exact) mass is 157 g/mol. The van der Waals surface area contributed by atoms with E-state index in [4.69, 9.17) is 4.74 Å². The molecule has 2 nitrogen and oxygen atoms in total. The molecular formula is C9H19NO. The minimum absolute atomic E-state index is 0.512. The predicted octanol–water partition coefficient (Wildman–Crippen LogP) is 1.41. The van der Waals surface area contributed by atoms with Crippen LogP contribution in [-0.4, -0.2) is 25.8 Å². The fourth-order valence-corrected chi connectivity index (χ4v) is 1.74. The highest BCUT2D eigenvalue weighted by atomic mass is 16.5. The summed E-state index contributed by atoms with van der Waals surface area (Å²) < 4.78 is 5.04. The van der Waals surface area contributed by atoms with E-state index < -0.39 is 0 Å². The molecule has 1 fully saturated rings. The van der Waals surface area contributed by atoms with Gasteiger partial charge < -0.3 is 10.1 Å². The summed E-state index contributed by atoms with van der Waals surface area (Å²) in [5.41, 5.74) is 0. The van der Waals surface area contributed by atoms with E-state index in [-0.39, 0.29) is 0 Å². The van der Waals surface area contributed by atoms with E-state index in [0.717, 1.165) is 18.6 Å². The highest BCUT2D eigenvalue weighted by Crippen LogP contribution is 2.26. The molecule has 1 rings (SSSR count). The summed E-state index contributed by atoms with van der Waals surface area (Å²) in [4.78, 5) is 0. The molecule has 1 atom stereocenters. The summed E-state index contributed by atoms with van der Waals surface area (Å²) in [5, 5.41) is 3.52. The second-order valence-electron chi connectivity index (χ2n) is 3.80. The predicted molar refractivity (Wildman–Crippen MR) is 46.7 cm³/mol. The minimum atomic E-state index is 0.512. The SMILES string of the molecule is COCC(C)NC1CC(C)C1. The van der Waals surface area contributed by atoms with Crippen LogP contribution in [0.4, 0.5) is 0 Å². The summed E-state index contributed by atoms with van der Waals surface area (Å²) in [5.74, 6) is 0.933. The van der Waals surface area contributed by atoms with Gasteiger partial charge in [-0.3, -0.25) is 0 Å². The number of methoxy groups -OCH3 is 1. The zero-order valence-electron chi connectivity index (χ0n) is 7.76. The lowest BCUT2D eigenvalue weighted by molar-refractivity contribution is 0.144. The van der Waals surface area contributed by atoms with E-state index in [1.54, 1.807) is 7.11 Å². The molecule has 0 amide bonds. The van der Waals surface area contributed by atoms with Crippen LogP contribution >= 0.6 is 0 Å². The van der Waals surface area contributed by atoms with E-state index in [2.05, 4.69) is 19.2 Å². The standard InChI is InChI=1S/C9H19NO/c1-7-4-9(5-7)10-8(2)6-11-3/h7-10H,4-6H2,1-3H3. The molecule has 0 aromatic carbocycles. The summed E-state index contributed by atoms with van der Waals surface area (Å²) in [6.45, 7) is 5.30. The molecule has 0 heterocycles. The Kier molecular flexibility index (Phi) is 3.34. The molecule has 0 aliphatic heterocycles. The molecule has 1 unspecified atom stereocenters. The van der Waals surface area contributed by atoms with Crippen LogP contribution in [0.15, 0.2) is 0 Å². The maximum atomic E-state index is 5.04. The number of ether oxygens (including phenoxy) is 1. The van der Waals surface area contributed by atoms with Crippen LogP contribution in [0.5, 0.6) is 0 Å². The van der Waals surface area contributed by atoms with Crippen molar-refractivity contribution in [2.24, 2.45) is 5.92 Å². The van der Waals surface area contributed by atoms with Crippen LogP contribution in [-0.2, 0) is 4.74 Å². The average Bonchev–Trinajstić information content (AvgIpc) is 1.85. The molecule has 1 saturated carbocycles. The Hall–Kier alpha value is -0.0800. The fraction of sp³-hybridized carbons (Fsp3) is 1.00. The van der Waals surface area contributed by atoms with Crippen molar-refractivity contribution in [1.29, 1.82) is 0 Å². The van der Waals surface area contributed by atoms with Crippen LogP contribution in [0.3, 0.4) is 0 Å². The number of hydrogen-bond donors (Lipinski definition) is 1. The molecule has 0 aromatic rings. The Balaban J connectivity index is 2.02. The smallest absolute Gasteiger partial charge is 0.0613 e. The topological polar surface area (TPSA) is 21.3 Å². The van der Waals surface area contributed by atoms with Gasteiger partial charge in [-0.1, -0.05) is 6.92 Å². The van der Waals surface area contributed by atoms with Gasteiger partial charge in [0.05, 0.1) is 6.61 Å². The summed E-state index contributed by atoms with van der Waals surface area (Å²) in [7, 11) is 1.75. The van der Waals surface area contributed by atoms with Gasteiger partial charge in [0.2, 0.25) is 0 Å². The molecule has 0 bridgehead atoms. The largest absolute Gasteiger partial charge is 0.383 e. The van der Waals surface area contributed by atoms with E-state index in [1.807, 2.05) is 0 Å². The van der Waals surface area contributed by atoms with E-state index in [0.29, 0.717) is 6.04 Å². The van der Waals surface area contributed by atoms with Gasteiger partial charge >= 0.3 is 0 Å². The molecular weight excluding hydrogens is 138 g/mol. The van der Waals surface area contributed by atoms with E-state index in [9.17, 15) is 0 Å². The maximum absolute atomic E-state index is 5.04. The highest BCUT2D eigenvalue weighted by Gasteiger charge is 2.25. The van der Waals surface area contributed by atoms with Crippen molar-refractivity contribution in [3.8, 4) is 0 Å². The highest BCUT2D eigenvalue weighted by molar-refractivity contribution is 4.83. The summed E-state index contributed by atoms with van der Waals surface area (Å²) in [6, 6.07) is 1.27. The van der Waals surface area contributed by atoms with Crippen LogP contribution in [0.2, 0.25) is 0 Å².